The summed E-state index contributed by atoms with van der Waals surface area (Å²) in [5.74, 6) is 0.323. The van der Waals surface area contributed by atoms with E-state index in [2.05, 4.69) is 20.9 Å². The molecule has 2 aromatic heterocycles. The second-order valence-corrected chi connectivity index (χ2v) is 11.8. The van der Waals surface area contributed by atoms with Crippen molar-refractivity contribution in [2.45, 2.75) is 31.2 Å². The first-order chi connectivity index (χ1) is 16.3. The van der Waals surface area contributed by atoms with Crippen LogP contribution in [0, 0.1) is 0 Å². The highest BCUT2D eigenvalue weighted by molar-refractivity contribution is 9.10. The Kier molecular flexibility index (Phi) is 7.51. The predicted molar refractivity (Wildman–Crippen MR) is 138 cm³/mol. The summed E-state index contributed by atoms with van der Waals surface area (Å²) in [6.07, 6.45) is 3.25. The Morgan fingerprint density at radius 3 is 2.59 bits per heavy atom. The maximum atomic E-state index is 13.5. The summed E-state index contributed by atoms with van der Waals surface area (Å²) in [7, 11) is -2.04. The fourth-order valence-corrected chi connectivity index (χ4v) is 6.12. The van der Waals surface area contributed by atoms with Gasteiger partial charge in [-0.1, -0.05) is 40.6 Å². The van der Waals surface area contributed by atoms with E-state index in [9.17, 15) is 13.2 Å². The van der Waals surface area contributed by atoms with E-state index < -0.39 is 10.0 Å². The quantitative estimate of drug-likeness (QED) is 0.253. The van der Waals surface area contributed by atoms with Gasteiger partial charge in [-0.05, 0) is 61.0 Å². The van der Waals surface area contributed by atoms with Gasteiger partial charge in [0, 0.05) is 23.6 Å². The fourth-order valence-electron chi connectivity index (χ4n) is 3.39. The molecule has 0 unspecified atom stereocenters. The number of halogens is 1. The fraction of sp³-hybridized carbons (Fsp3) is 0.250. The molecule has 0 radical (unpaired) electrons. The number of hydrogen-bond acceptors (Lipinski definition) is 6. The first kappa shape index (κ1) is 24.6. The molecular formula is C24H24BrN3O4S2. The molecule has 2 heterocycles. The average molecular weight is 563 g/mol. The molecule has 0 aliphatic heterocycles. The van der Waals surface area contributed by atoms with Crippen molar-refractivity contribution in [2.24, 2.45) is 0 Å². The lowest BCUT2D eigenvalue weighted by Gasteiger charge is -2.20. The third-order valence-electron chi connectivity index (χ3n) is 5.35. The number of furan rings is 1. The van der Waals surface area contributed by atoms with Crippen LogP contribution < -0.4 is 4.90 Å². The van der Waals surface area contributed by atoms with E-state index in [4.69, 9.17) is 4.42 Å². The van der Waals surface area contributed by atoms with Crippen LogP contribution in [0.25, 0.3) is 10.2 Å². The zero-order valence-electron chi connectivity index (χ0n) is 18.8. The zero-order valence-corrected chi connectivity index (χ0v) is 22.0. The first-order valence-corrected chi connectivity index (χ1v) is 13.8. The summed E-state index contributed by atoms with van der Waals surface area (Å²) in [4.78, 5) is 19.9. The van der Waals surface area contributed by atoms with Crippen LogP contribution in [0.2, 0.25) is 0 Å². The molecule has 0 N–H and O–H groups in total. The topological polar surface area (TPSA) is 83.7 Å². The molecule has 2 aromatic carbocycles. The number of benzene rings is 2. The van der Waals surface area contributed by atoms with Crippen LogP contribution in [0.3, 0.4) is 0 Å². The number of sulfonamides is 1. The molecule has 0 bridgehead atoms. The average Bonchev–Trinajstić information content (AvgIpc) is 3.49. The second kappa shape index (κ2) is 10.4. The maximum absolute atomic E-state index is 13.5. The van der Waals surface area contributed by atoms with Gasteiger partial charge < -0.3 is 4.42 Å². The Hall–Kier alpha value is -2.53. The highest BCUT2D eigenvalue weighted by atomic mass is 79.9. The number of fused-ring (bicyclic) bond motifs is 1. The molecule has 0 aliphatic carbocycles. The van der Waals surface area contributed by atoms with Crippen LogP contribution in [0.5, 0.6) is 0 Å². The van der Waals surface area contributed by atoms with Gasteiger partial charge in [0.2, 0.25) is 10.0 Å². The SMILES string of the molecule is CCCCN(C)S(=O)(=O)c1ccc(C(=O)N(Cc2ccco2)c2nc3ccc(Br)cc3s2)cc1. The van der Waals surface area contributed by atoms with Crippen molar-refractivity contribution in [1.29, 1.82) is 0 Å². The minimum Gasteiger partial charge on any atom is -0.467 e. The van der Waals surface area contributed by atoms with Crippen molar-refractivity contribution in [3.8, 4) is 0 Å². The molecule has 7 nitrogen and oxygen atoms in total. The summed E-state index contributed by atoms with van der Waals surface area (Å²) in [6, 6.07) is 15.4. The van der Waals surface area contributed by atoms with Crippen LogP contribution in [0.1, 0.15) is 35.9 Å². The Morgan fingerprint density at radius 2 is 1.91 bits per heavy atom. The normalized spacial score (nSPS) is 11.9. The molecule has 4 rings (SSSR count). The van der Waals surface area contributed by atoms with Gasteiger partial charge in [0.25, 0.3) is 5.91 Å². The van der Waals surface area contributed by atoms with Gasteiger partial charge >= 0.3 is 0 Å². The van der Waals surface area contributed by atoms with E-state index in [-0.39, 0.29) is 17.3 Å². The van der Waals surface area contributed by atoms with E-state index in [1.54, 1.807) is 42.5 Å². The van der Waals surface area contributed by atoms with Crippen molar-refractivity contribution in [1.82, 2.24) is 9.29 Å². The predicted octanol–water partition coefficient (Wildman–Crippen LogP) is 5.92. The van der Waals surface area contributed by atoms with Crippen molar-refractivity contribution in [3.63, 3.8) is 0 Å². The summed E-state index contributed by atoms with van der Waals surface area (Å²) in [5.41, 5.74) is 1.15. The molecule has 0 aliphatic rings. The summed E-state index contributed by atoms with van der Waals surface area (Å²) >= 11 is 4.87. The summed E-state index contributed by atoms with van der Waals surface area (Å²) in [5, 5.41) is 0.533. The van der Waals surface area contributed by atoms with Crippen LogP contribution in [-0.4, -0.2) is 37.2 Å². The lowest BCUT2D eigenvalue weighted by atomic mass is 10.2. The van der Waals surface area contributed by atoms with Crippen LogP contribution in [0.15, 0.2) is 74.6 Å². The number of anilines is 1. The van der Waals surface area contributed by atoms with Gasteiger partial charge in [0.05, 0.1) is 27.9 Å². The molecule has 0 saturated carbocycles. The van der Waals surface area contributed by atoms with Crippen molar-refractivity contribution in [2.75, 3.05) is 18.5 Å². The van der Waals surface area contributed by atoms with Crippen molar-refractivity contribution in [3.05, 3.63) is 76.7 Å². The number of carbonyl (C=O) groups excluding carboxylic acids is 1. The highest BCUT2D eigenvalue weighted by Crippen LogP contribution is 2.32. The number of unbranched alkanes of at least 4 members (excludes halogenated alkanes) is 1. The van der Waals surface area contributed by atoms with E-state index in [0.29, 0.717) is 23.0 Å². The minimum absolute atomic E-state index is 0.157. The number of aromatic nitrogens is 1. The van der Waals surface area contributed by atoms with Gasteiger partial charge in [-0.3, -0.25) is 9.69 Å². The molecule has 4 aromatic rings. The smallest absolute Gasteiger partial charge is 0.260 e. The monoisotopic (exact) mass is 561 g/mol. The minimum atomic E-state index is -3.61. The van der Waals surface area contributed by atoms with E-state index >= 15 is 0 Å². The Morgan fingerprint density at radius 1 is 1.15 bits per heavy atom. The van der Waals surface area contributed by atoms with Gasteiger partial charge in [0.1, 0.15) is 5.76 Å². The number of rotatable bonds is 9. The second-order valence-electron chi connectivity index (χ2n) is 7.78. The van der Waals surface area contributed by atoms with Crippen LogP contribution in [0.4, 0.5) is 5.13 Å². The maximum Gasteiger partial charge on any atom is 0.260 e. The molecule has 1 amide bonds. The zero-order chi connectivity index (χ0) is 24.3. The van der Waals surface area contributed by atoms with E-state index in [1.807, 2.05) is 25.1 Å². The van der Waals surface area contributed by atoms with Crippen molar-refractivity contribution < 1.29 is 17.6 Å². The molecule has 0 fully saturated rings. The Labute approximate surface area is 211 Å². The van der Waals surface area contributed by atoms with Crippen molar-refractivity contribution >= 4 is 58.5 Å². The highest BCUT2D eigenvalue weighted by Gasteiger charge is 2.25. The van der Waals surface area contributed by atoms with Gasteiger partial charge in [-0.15, -0.1) is 0 Å². The Bertz CT molecular complexity index is 1380. The number of amides is 1. The molecule has 0 atom stereocenters. The molecule has 34 heavy (non-hydrogen) atoms. The van der Waals surface area contributed by atoms with Gasteiger partial charge in [-0.25, -0.2) is 17.7 Å². The molecule has 178 valence electrons. The third-order valence-corrected chi connectivity index (χ3v) is 8.75. The van der Waals surface area contributed by atoms with Crippen LogP contribution in [-0.2, 0) is 16.6 Å². The number of carbonyl (C=O) groups is 1. The number of hydrogen-bond donors (Lipinski definition) is 0. The van der Waals surface area contributed by atoms with Crippen LogP contribution >= 0.6 is 27.3 Å². The van der Waals surface area contributed by atoms with Gasteiger partial charge in [-0.2, -0.15) is 0 Å². The number of nitrogens with zero attached hydrogens (tertiary/aromatic N) is 3. The Balaban J connectivity index is 1.64. The van der Waals surface area contributed by atoms with Gasteiger partial charge in [0.15, 0.2) is 5.13 Å². The molecule has 0 spiro atoms. The lowest BCUT2D eigenvalue weighted by molar-refractivity contribution is 0.0983. The lowest BCUT2D eigenvalue weighted by Crippen LogP contribution is -2.30. The summed E-state index contributed by atoms with van der Waals surface area (Å²) < 4.78 is 34.3. The molecular weight excluding hydrogens is 538 g/mol. The number of thiazole rings is 1. The third kappa shape index (κ3) is 5.25. The molecule has 0 saturated heterocycles. The first-order valence-electron chi connectivity index (χ1n) is 10.8. The summed E-state index contributed by atoms with van der Waals surface area (Å²) in [6.45, 7) is 2.66. The molecule has 10 heteroatoms. The standard InChI is InChI=1S/C24H24BrN3O4S2/c1-3-4-13-27(2)34(30,31)20-10-7-17(8-11-20)23(29)28(16-19-6-5-14-32-19)24-26-21-12-9-18(25)15-22(21)33-24/h5-12,14-15H,3-4,13,16H2,1-2H3. The van der Waals surface area contributed by atoms with E-state index in [1.165, 1.54) is 27.8 Å². The van der Waals surface area contributed by atoms with E-state index in [0.717, 1.165) is 27.5 Å². The largest absolute Gasteiger partial charge is 0.467 e.